The van der Waals surface area contributed by atoms with Gasteiger partial charge in [0.05, 0.1) is 12.7 Å². The Balaban J connectivity index is 2.63. The van der Waals surface area contributed by atoms with E-state index in [1.165, 1.54) is 18.7 Å². The number of hydrogen-bond donors (Lipinski definition) is 0. The number of benzene rings is 1. The third-order valence-electron chi connectivity index (χ3n) is 2.59. The van der Waals surface area contributed by atoms with Crippen LogP contribution in [0.4, 0.5) is 13.2 Å². The van der Waals surface area contributed by atoms with Gasteiger partial charge in [-0.05, 0) is 28.1 Å². The van der Waals surface area contributed by atoms with E-state index < -0.39 is 11.9 Å². The van der Waals surface area contributed by atoms with Crippen LogP contribution in [0.5, 0.6) is 5.75 Å². The predicted octanol–water partition coefficient (Wildman–Crippen LogP) is 3.88. The molecule has 0 aliphatic carbocycles. The second kappa shape index (κ2) is 4.88. The summed E-state index contributed by atoms with van der Waals surface area (Å²) in [6.07, 6.45) is -3.52. The van der Waals surface area contributed by atoms with Gasteiger partial charge in [-0.2, -0.15) is 13.2 Å². The highest BCUT2D eigenvalue weighted by molar-refractivity contribution is 9.10. The maximum absolute atomic E-state index is 12.7. The summed E-state index contributed by atoms with van der Waals surface area (Å²) in [7, 11) is 2.97. The van der Waals surface area contributed by atoms with Gasteiger partial charge in [0.1, 0.15) is 11.6 Å². The normalized spacial score (nSPS) is 11.7. The first-order chi connectivity index (χ1) is 8.84. The summed E-state index contributed by atoms with van der Waals surface area (Å²) in [5.41, 5.74) is -0.439. The van der Waals surface area contributed by atoms with Crippen molar-refractivity contribution in [3.8, 4) is 17.1 Å². The molecule has 2 rings (SSSR count). The Morgan fingerprint density at radius 3 is 2.53 bits per heavy atom. The first-order valence-electron chi connectivity index (χ1n) is 5.28. The number of rotatable bonds is 2. The highest BCUT2D eigenvalue weighted by atomic mass is 79.9. The molecule has 102 valence electrons. The van der Waals surface area contributed by atoms with Gasteiger partial charge < -0.3 is 9.30 Å². The van der Waals surface area contributed by atoms with E-state index in [1.807, 2.05) is 0 Å². The van der Waals surface area contributed by atoms with E-state index in [1.54, 1.807) is 18.2 Å². The molecule has 1 aromatic carbocycles. The molecule has 7 heteroatoms. The molecular formula is C12H10BrF3N2O. The minimum atomic E-state index is -4.47. The van der Waals surface area contributed by atoms with Crippen LogP contribution in [0.1, 0.15) is 5.69 Å². The van der Waals surface area contributed by atoms with E-state index in [0.717, 1.165) is 6.20 Å². The van der Waals surface area contributed by atoms with Gasteiger partial charge >= 0.3 is 6.18 Å². The van der Waals surface area contributed by atoms with Crippen molar-refractivity contribution in [1.29, 1.82) is 0 Å². The summed E-state index contributed by atoms with van der Waals surface area (Å²) in [5, 5.41) is 0. The Kier molecular flexibility index (Phi) is 3.58. The standard InChI is InChI=1S/C12H10BrF3N2O/c1-18-6-9(12(14,15)16)17-11(18)10-7(13)4-3-5-8(10)19-2/h3-6H,1-2H3. The Labute approximate surface area is 116 Å². The van der Waals surface area contributed by atoms with Crippen molar-refractivity contribution in [2.75, 3.05) is 7.11 Å². The third-order valence-corrected chi connectivity index (χ3v) is 3.25. The van der Waals surface area contributed by atoms with E-state index in [0.29, 0.717) is 15.8 Å². The van der Waals surface area contributed by atoms with E-state index in [9.17, 15) is 13.2 Å². The molecule has 0 spiro atoms. The fourth-order valence-corrected chi connectivity index (χ4v) is 2.25. The lowest BCUT2D eigenvalue weighted by atomic mass is 10.2. The van der Waals surface area contributed by atoms with E-state index >= 15 is 0 Å². The maximum Gasteiger partial charge on any atom is 0.434 e. The Hall–Kier alpha value is -1.50. The molecule has 0 saturated heterocycles. The molecule has 19 heavy (non-hydrogen) atoms. The molecule has 0 fully saturated rings. The van der Waals surface area contributed by atoms with Crippen LogP contribution in [0, 0.1) is 0 Å². The molecule has 0 saturated carbocycles. The zero-order valence-corrected chi connectivity index (χ0v) is 11.7. The lowest BCUT2D eigenvalue weighted by Gasteiger charge is -2.10. The molecule has 0 atom stereocenters. The second-order valence-electron chi connectivity index (χ2n) is 3.88. The van der Waals surface area contributed by atoms with Crippen LogP contribution in [-0.4, -0.2) is 16.7 Å². The van der Waals surface area contributed by atoms with Crippen LogP contribution in [0.25, 0.3) is 11.4 Å². The summed E-state index contributed by atoms with van der Waals surface area (Å²) in [6, 6.07) is 5.13. The molecule has 0 aliphatic rings. The van der Waals surface area contributed by atoms with Gasteiger partial charge in [0, 0.05) is 17.7 Å². The smallest absolute Gasteiger partial charge is 0.434 e. The summed E-state index contributed by atoms with van der Waals surface area (Å²) >= 11 is 3.30. The van der Waals surface area contributed by atoms with Crippen LogP contribution < -0.4 is 4.74 Å². The van der Waals surface area contributed by atoms with Crippen LogP contribution >= 0.6 is 15.9 Å². The monoisotopic (exact) mass is 334 g/mol. The molecule has 0 amide bonds. The van der Waals surface area contributed by atoms with Crippen molar-refractivity contribution in [1.82, 2.24) is 9.55 Å². The number of nitrogens with zero attached hydrogens (tertiary/aromatic N) is 2. The number of alkyl halides is 3. The fourth-order valence-electron chi connectivity index (χ4n) is 1.73. The van der Waals surface area contributed by atoms with Crippen molar-refractivity contribution in [3.63, 3.8) is 0 Å². The quantitative estimate of drug-likeness (QED) is 0.833. The topological polar surface area (TPSA) is 27.1 Å². The van der Waals surface area contributed by atoms with Crippen molar-refractivity contribution < 1.29 is 17.9 Å². The minimum Gasteiger partial charge on any atom is -0.496 e. The zero-order valence-electron chi connectivity index (χ0n) is 10.1. The summed E-state index contributed by atoms with van der Waals surface area (Å²) in [6.45, 7) is 0. The average Bonchev–Trinajstić information content (AvgIpc) is 2.70. The number of methoxy groups -OCH3 is 1. The molecule has 0 N–H and O–H groups in total. The van der Waals surface area contributed by atoms with Crippen molar-refractivity contribution in [3.05, 3.63) is 34.6 Å². The molecular weight excluding hydrogens is 325 g/mol. The van der Waals surface area contributed by atoms with Crippen LogP contribution in [0.15, 0.2) is 28.9 Å². The molecule has 0 unspecified atom stereocenters. The minimum absolute atomic E-state index is 0.191. The summed E-state index contributed by atoms with van der Waals surface area (Å²) in [5.74, 6) is 0.647. The van der Waals surface area contributed by atoms with E-state index in [-0.39, 0.29) is 5.82 Å². The first kappa shape index (κ1) is 13.9. The summed E-state index contributed by atoms with van der Waals surface area (Å²) < 4.78 is 45.1. The second-order valence-corrected chi connectivity index (χ2v) is 4.73. The van der Waals surface area contributed by atoms with Gasteiger partial charge in [-0.25, -0.2) is 4.98 Å². The Morgan fingerprint density at radius 1 is 1.32 bits per heavy atom. The van der Waals surface area contributed by atoms with E-state index in [4.69, 9.17) is 4.74 Å². The van der Waals surface area contributed by atoms with Gasteiger partial charge in [0.15, 0.2) is 5.69 Å². The van der Waals surface area contributed by atoms with Gasteiger partial charge in [-0.15, -0.1) is 0 Å². The molecule has 2 aromatic rings. The molecule has 3 nitrogen and oxygen atoms in total. The SMILES string of the molecule is COc1cccc(Br)c1-c1nc(C(F)(F)F)cn1C. The highest BCUT2D eigenvalue weighted by Crippen LogP contribution is 2.37. The molecule has 1 heterocycles. The number of halogens is 4. The highest BCUT2D eigenvalue weighted by Gasteiger charge is 2.35. The average molecular weight is 335 g/mol. The summed E-state index contributed by atoms with van der Waals surface area (Å²) in [4.78, 5) is 3.65. The molecule has 1 aromatic heterocycles. The van der Waals surface area contributed by atoms with Gasteiger partial charge in [-0.1, -0.05) is 6.07 Å². The fraction of sp³-hybridized carbons (Fsp3) is 0.250. The first-order valence-corrected chi connectivity index (χ1v) is 6.07. The molecule has 0 bridgehead atoms. The molecule has 0 aliphatic heterocycles. The van der Waals surface area contributed by atoms with E-state index in [2.05, 4.69) is 20.9 Å². The van der Waals surface area contributed by atoms with Crippen LogP contribution in [0.2, 0.25) is 0 Å². The number of imidazole rings is 1. The van der Waals surface area contributed by atoms with Gasteiger partial charge in [0.2, 0.25) is 0 Å². The predicted molar refractivity (Wildman–Crippen MR) is 67.9 cm³/mol. The number of aryl methyl sites for hydroxylation is 1. The van der Waals surface area contributed by atoms with Gasteiger partial charge in [0.25, 0.3) is 0 Å². The zero-order chi connectivity index (χ0) is 14.2. The van der Waals surface area contributed by atoms with Crippen molar-refractivity contribution in [2.45, 2.75) is 6.18 Å². The molecule has 0 radical (unpaired) electrons. The van der Waals surface area contributed by atoms with Crippen molar-refractivity contribution in [2.24, 2.45) is 7.05 Å². The largest absolute Gasteiger partial charge is 0.496 e. The maximum atomic E-state index is 12.7. The van der Waals surface area contributed by atoms with Gasteiger partial charge in [-0.3, -0.25) is 0 Å². The Bertz CT molecular complexity index is 608. The third kappa shape index (κ3) is 2.60. The number of hydrogen-bond acceptors (Lipinski definition) is 2. The van der Waals surface area contributed by atoms with Crippen LogP contribution in [0.3, 0.4) is 0 Å². The lowest BCUT2D eigenvalue weighted by Crippen LogP contribution is -2.05. The van der Waals surface area contributed by atoms with Crippen molar-refractivity contribution >= 4 is 15.9 Å². The number of ether oxygens (including phenoxy) is 1. The Morgan fingerprint density at radius 2 is 2.00 bits per heavy atom. The lowest BCUT2D eigenvalue weighted by molar-refractivity contribution is -0.140. The van der Waals surface area contributed by atoms with Crippen LogP contribution in [-0.2, 0) is 13.2 Å². The number of aromatic nitrogens is 2.